The maximum absolute atomic E-state index is 12.4. The number of hydrogen-bond acceptors (Lipinski definition) is 5. The minimum absolute atomic E-state index is 0.190. The van der Waals surface area contributed by atoms with Crippen LogP contribution in [0.3, 0.4) is 0 Å². The van der Waals surface area contributed by atoms with E-state index in [2.05, 4.69) is 15.0 Å². The second kappa shape index (κ2) is 4.64. The van der Waals surface area contributed by atoms with Gasteiger partial charge in [-0.3, -0.25) is 14.7 Å². The van der Waals surface area contributed by atoms with Gasteiger partial charge < -0.3 is 4.74 Å². The lowest BCUT2D eigenvalue weighted by Gasteiger charge is -2.28. The smallest absolute Gasteiger partial charge is 0.278 e. The summed E-state index contributed by atoms with van der Waals surface area (Å²) in [6.45, 7) is 2.73. The van der Waals surface area contributed by atoms with E-state index in [0.717, 1.165) is 5.69 Å². The van der Waals surface area contributed by atoms with Gasteiger partial charge in [0.1, 0.15) is 18.0 Å². The Bertz CT molecular complexity index is 612. The zero-order valence-electron chi connectivity index (χ0n) is 10.4. The highest BCUT2D eigenvalue weighted by Gasteiger charge is 2.26. The third-order valence-electron chi connectivity index (χ3n) is 2.84. The number of pyridine rings is 1. The second-order valence-corrected chi connectivity index (χ2v) is 4.18. The number of aromatic nitrogens is 3. The largest absolute Gasteiger partial charge is 0.474 e. The van der Waals surface area contributed by atoms with Gasteiger partial charge >= 0.3 is 0 Å². The van der Waals surface area contributed by atoms with Crippen LogP contribution in [0.2, 0.25) is 0 Å². The van der Waals surface area contributed by atoms with Gasteiger partial charge in [-0.15, -0.1) is 0 Å². The molecule has 0 spiro atoms. The summed E-state index contributed by atoms with van der Waals surface area (Å²) in [6, 6.07) is 3.58. The van der Waals surface area contributed by atoms with Gasteiger partial charge in [0.25, 0.3) is 5.91 Å². The average Bonchev–Trinajstić information content (AvgIpc) is 2.47. The highest BCUT2D eigenvalue weighted by atomic mass is 16.5. The standard InChI is InChI=1S/C13H12N4O2/c1-9-7-16-10(8-15-9)13(18)17-5-6-19-12-11(17)3-2-4-14-12/h2-4,7-8H,5-6H2,1H3. The summed E-state index contributed by atoms with van der Waals surface area (Å²) in [5, 5.41) is 0. The molecule has 19 heavy (non-hydrogen) atoms. The number of ether oxygens (including phenoxy) is 1. The number of carbonyl (C=O) groups excluding carboxylic acids is 1. The Balaban J connectivity index is 1.95. The minimum Gasteiger partial charge on any atom is -0.474 e. The van der Waals surface area contributed by atoms with Crippen molar-refractivity contribution in [2.24, 2.45) is 0 Å². The van der Waals surface area contributed by atoms with Crippen LogP contribution in [-0.4, -0.2) is 34.0 Å². The van der Waals surface area contributed by atoms with Gasteiger partial charge in [0.15, 0.2) is 0 Å². The van der Waals surface area contributed by atoms with E-state index in [9.17, 15) is 4.79 Å². The Kier molecular flexibility index (Phi) is 2.83. The molecule has 96 valence electrons. The van der Waals surface area contributed by atoms with Crippen LogP contribution < -0.4 is 9.64 Å². The van der Waals surface area contributed by atoms with Gasteiger partial charge in [-0.25, -0.2) is 9.97 Å². The van der Waals surface area contributed by atoms with Gasteiger partial charge in [-0.05, 0) is 19.1 Å². The van der Waals surface area contributed by atoms with E-state index in [1.807, 2.05) is 6.92 Å². The van der Waals surface area contributed by atoms with Gasteiger partial charge in [-0.2, -0.15) is 0 Å². The SMILES string of the molecule is Cc1cnc(C(=O)N2CCOc3ncccc32)cn1. The van der Waals surface area contributed by atoms with Crippen molar-refractivity contribution >= 4 is 11.6 Å². The number of fused-ring (bicyclic) bond motifs is 1. The molecule has 6 heteroatoms. The van der Waals surface area contributed by atoms with Crippen molar-refractivity contribution in [2.75, 3.05) is 18.1 Å². The summed E-state index contributed by atoms with van der Waals surface area (Å²) in [6.07, 6.45) is 4.71. The molecule has 0 fully saturated rings. The number of carbonyl (C=O) groups is 1. The average molecular weight is 256 g/mol. The first-order chi connectivity index (χ1) is 9.25. The minimum atomic E-state index is -0.190. The Morgan fingerprint density at radius 2 is 2.21 bits per heavy atom. The first-order valence-electron chi connectivity index (χ1n) is 5.94. The summed E-state index contributed by atoms with van der Waals surface area (Å²) in [5.41, 5.74) is 1.77. The van der Waals surface area contributed by atoms with Crippen molar-refractivity contribution in [2.45, 2.75) is 6.92 Å². The predicted octanol–water partition coefficient (Wildman–Crippen LogP) is 1.22. The van der Waals surface area contributed by atoms with Crippen LogP contribution in [0.4, 0.5) is 5.69 Å². The first kappa shape index (κ1) is 11.6. The molecule has 6 nitrogen and oxygen atoms in total. The zero-order valence-corrected chi connectivity index (χ0v) is 10.4. The normalized spacial score (nSPS) is 13.6. The van der Waals surface area contributed by atoms with E-state index >= 15 is 0 Å². The number of hydrogen-bond donors (Lipinski definition) is 0. The van der Waals surface area contributed by atoms with E-state index < -0.39 is 0 Å². The van der Waals surface area contributed by atoms with Crippen molar-refractivity contribution in [3.8, 4) is 5.88 Å². The van der Waals surface area contributed by atoms with Crippen molar-refractivity contribution in [3.05, 3.63) is 42.1 Å². The molecule has 1 aliphatic heterocycles. The van der Waals surface area contributed by atoms with E-state index in [0.29, 0.717) is 30.4 Å². The topological polar surface area (TPSA) is 68.2 Å². The van der Waals surface area contributed by atoms with Crippen molar-refractivity contribution < 1.29 is 9.53 Å². The molecule has 1 aliphatic rings. The lowest BCUT2D eigenvalue weighted by molar-refractivity contribution is 0.0970. The molecule has 0 saturated carbocycles. The fourth-order valence-corrected chi connectivity index (χ4v) is 1.91. The van der Waals surface area contributed by atoms with Crippen LogP contribution in [0.15, 0.2) is 30.7 Å². The quantitative estimate of drug-likeness (QED) is 0.767. The van der Waals surface area contributed by atoms with Crippen molar-refractivity contribution in [1.82, 2.24) is 15.0 Å². The Morgan fingerprint density at radius 3 is 3.00 bits per heavy atom. The molecule has 0 saturated heterocycles. The first-order valence-corrected chi connectivity index (χ1v) is 5.94. The molecule has 2 aromatic rings. The number of nitrogens with zero attached hydrogens (tertiary/aromatic N) is 4. The summed E-state index contributed by atoms with van der Waals surface area (Å²) in [7, 11) is 0. The van der Waals surface area contributed by atoms with Crippen LogP contribution in [0, 0.1) is 6.92 Å². The van der Waals surface area contributed by atoms with E-state index in [4.69, 9.17) is 4.74 Å². The molecule has 2 aromatic heterocycles. The van der Waals surface area contributed by atoms with E-state index in [-0.39, 0.29) is 5.91 Å². The third-order valence-corrected chi connectivity index (χ3v) is 2.84. The number of amides is 1. The molecule has 1 amide bonds. The third kappa shape index (κ3) is 2.12. The maximum atomic E-state index is 12.4. The molecule has 0 aromatic carbocycles. The molecular weight excluding hydrogens is 244 g/mol. The Morgan fingerprint density at radius 1 is 1.32 bits per heavy atom. The highest BCUT2D eigenvalue weighted by molar-refractivity contribution is 6.05. The molecule has 0 radical (unpaired) electrons. The summed E-state index contributed by atoms with van der Waals surface area (Å²) < 4.78 is 5.42. The lowest BCUT2D eigenvalue weighted by Crippen LogP contribution is -2.38. The van der Waals surface area contributed by atoms with Crippen LogP contribution in [0.25, 0.3) is 0 Å². The van der Waals surface area contributed by atoms with Gasteiger partial charge in [-0.1, -0.05) is 0 Å². The molecule has 3 rings (SSSR count). The van der Waals surface area contributed by atoms with Crippen LogP contribution in [-0.2, 0) is 0 Å². The van der Waals surface area contributed by atoms with E-state index in [1.165, 1.54) is 6.20 Å². The molecule has 0 unspecified atom stereocenters. The molecule has 0 N–H and O–H groups in total. The van der Waals surface area contributed by atoms with Crippen molar-refractivity contribution in [3.63, 3.8) is 0 Å². The summed E-state index contributed by atoms with van der Waals surface area (Å²) >= 11 is 0. The zero-order chi connectivity index (χ0) is 13.2. The van der Waals surface area contributed by atoms with Crippen LogP contribution in [0.5, 0.6) is 5.88 Å². The predicted molar refractivity (Wildman–Crippen MR) is 68.2 cm³/mol. The van der Waals surface area contributed by atoms with Gasteiger partial charge in [0.2, 0.25) is 5.88 Å². The second-order valence-electron chi connectivity index (χ2n) is 4.18. The monoisotopic (exact) mass is 256 g/mol. The fourth-order valence-electron chi connectivity index (χ4n) is 1.91. The Hall–Kier alpha value is -2.50. The molecule has 3 heterocycles. The van der Waals surface area contributed by atoms with Gasteiger partial charge in [0, 0.05) is 12.4 Å². The molecular formula is C13H12N4O2. The van der Waals surface area contributed by atoms with Crippen LogP contribution >= 0.6 is 0 Å². The Labute approximate surface area is 110 Å². The summed E-state index contributed by atoms with van der Waals surface area (Å²) in [5.74, 6) is 0.284. The van der Waals surface area contributed by atoms with E-state index in [1.54, 1.807) is 29.4 Å². The lowest BCUT2D eigenvalue weighted by atomic mass is 10.2. The van der Waals surface area contributed by atoms with Crippen LogP contribution in [0.1, 0.15) is 16.2 Å². The number of aryl methyl sites for hydroxylation is 1. The summed E-state index contributed by atoms with van der Waals surface area (Å²) in [4.78, 5) is 26.3. The fraction of sp³-hybridized carbons (Fsp3) is 0.231. The number of rotatable bonds is 1. The molecule has 0 aliphatic carbocycles. The van der Waals surface area contributed by atoms with Crippen molar-refractivity contribution in [1.29, 1.82) is 0 Å². The molecule has 0 bridgehead atoms. The van der Waals surface area contributed by atoms with Gasteiger partial charge in [0.05, 0.1) is 18.4 Å². The molecule has 0 atom stereocenters. The maximum Gasteiger partial charge on any atom is 0.278 e. The highest BCUT2D eigenvalue weighted by Crippen LogP contribution is 2.29. The number of anilines is 1.